The molecular weight excluding hydrogens is 511 g/mol. The zero-order valence-corrected chi connectivity index (χ0v) is 21.9. The molecule has 1 atom stereocenters. The molecule has 0 aliphatic heterocycles. The van der Waals surface area contributed by atoms with Gasteiger partial charge in [0, 0.05) is 13.5 Å². The summed E-state index contributed by atoms with van der Waals surface area (Å²) in [5.41, 5.74) is 1.46. The van der Waals surface area contributed by atoms with Crippen LogP contribution in [-0.4, -0.2) is 39.7 Å². The molecular formula is C27H28ClFN6O3. The number of aromatic amines is 1. The SMILES string of the molecule is CC(=O)Nc1ccc(Oc2ccc(C(C)C)cc2)c(F)c1NCC(COc1ccccc1Cl)c1nn[nH]n1. The lowest BCUT2D eigenvalue weighted by Crippen LogP contribution is -2.22. The van der Waals surface area contributed by atoms with E-state index in [4.69, 9.17) is 21.1 Å². The van der Waals surface area contributed by atoms with Gasteiger partial charge < -0.3 is 20.1 Å². The first-order chi connectivity index (χ1) is 18.3. The Morgan fingerprint density at radius 1 is 1.08 bits per heavy atom. The summed E-state index contributed by atoms with van der Waals surface area (Å²) in [6.45, 7) is 5.82. The molecule has 0 saturated heterocycles. The van der Waals surface area contributed by atoms with Crippen LogP contribution in [0.25, 0.3) is 0 Å². The summed E-state index contributed by atoms with van der Waals surface area (Å²) in [6.07, 6.45) is 0. The number of aromatic nitrogens is 4. The normalized spacial score (nSPS) is 11.7. The molecule has 1 aromatic heterocycles. The Labute approximate surface area is 224 Å². The highest BCUT2D eigenvalue weighted by molar-refractivity contribution is 6.32. The molecule has 4 aromatic rings. The second-order valence-electron chi connectivity index (χ2n) is 8.90. The van der Waals surface area contributed by atoms with Gasteiger partial charge in [-0.05, 0) is 47.9 Å². The van der Waals surface area contributed by atoms with Crippen molar-refractivity contribution in [3.8, 4) is 17.2 Å². The van der Waals surface area contributed by atoms with Crippen molar-refractivity contribution in [1.29, 1.82) is 0 Å². The summed E-state index contributed by atoms with van der Waals surface area (Å²) in [6, 6.07) is 17.6. The van der Waals surface area contributed by atoms with Crippen molar-refractivity contribution >= 4 is 28.9 Å². The van der Waals surface area contributed by atoms with Crippen molar-refractivity contribution in [2.24, 2.45) is 0 Å². The number of hydrogen-bond donors (Lipinski definition) is 3. The summed E-state index contributed by atoms with van der Waals surface area (Å²) >= 11 is 6.21. The Hall–Kier alpha value is -4.18. The predicted molar refractivity (Wildman–Crippen MR) is 144 cm³/mol. The topological polar surface area (TPSA) is 114 Å². The fourth-order valence-corrected chi connectivity index (χ4v) is 3.89. The number of hydrogen-bond acceptors (Lipinski definition) is 7. The van der Waals surface area contributed by atoms with E-state index in [0.717, 1.165) is 5.56 Å². The molecule has 0 bridgehead atoms. The summed E-state index contributed by atoms with van der Waals surface area (Å²) < 4.78 is 27.5. The molecule has 0 saturated carbocycles. The number of para-hydroxylation sites is 1. The van der Waals surface area contributed by atoms with Crippen LogP contribution in [0.4, 0.5) is 15.8 Å². The van der Waals surface area contributed by atoms with Gasteiger partial charge in [0.05, 0.1) is 22.3 Å². The number of amides is 1. The maximum atomic E-state index is 15.7. The monoisotopic (exact) mass is 538 g/mol. The van der Waals surface area contributed by atoms with Gasteiger partial charge in [0.1, 0.15) is 18.1 Å². The molecule has 11 heteroatoms. The van der Waals surface area contributed by atoms with Gasteiger partial charge in [-0.15, -0.1) is 10.2 Å². The number of ether oxygens (including phenoxy) is 2. The van der Waals surface area contributed by atoms with Crippen LogP contribution in [0.1, 0.15) is 44.0 Å². The average Bonchev–Trinajstić information content (AvgIpc) is 3.43. The number of carbonyl (C=O) groups is 1. The summed E-state index contributed by atoms with van der Waals surface area (Å²) in [7, 11) is 0. The van der Waals surface area contributed by atoms with E-state index in [0.29, 0.717) is 28.3 Å². The Morgan fingerprint density at radius 2 is 1.84 bits per heavy atom. The summed E-state index contributed by atoms with van der Waals surface area (Å²) in [4.78, 5) is 11.8. The minimum Gasteiger partial charge on any atom is -0.491 e. The van der Waals surface area contributed by atoms with Gasteiger partial charge in [-0.25, -0.2) is 4.39 Å². The maximum absolute atomic E-state index is 15.7. The van der Waals surface area contributed by atoms with Crippen LogP contribution in [0.15, 0.2) is 60.7 Å². The quantitative estimate of drug-likeness (QED) is 0.210. The molecule has 1 unspecified atom stereocenters. The lowest BCUT2D eigenvalue weighted by molar-refractivity contribution is -0.114. The highest BCUT2D eigenvalue weighted by Crippen LogP contribution is 2.36. The van der Waals surface area contributed by atoms with Gasteiger partial charge in [0.25, 0.3) is 0 Å². The molecule has 9 nitrogen and oxygen atoms in total. The Bertz CT molecular complexity index is 1370. The van der Waals surface area contributed by atoms with Crippen LogP contribution in [0, 0.1) is 5.82 Å². The fourth-order valence-electron chi connectivity index (χ4n) is 3.69. The third-order valence-electron chi connectivity index (χ3n) is 5.72. The highest BCUT2D eigenvalue weighted by Gasteiger charge is 2.22. The van der Waals surface area contributed by atoms with Gasteiger partial charge in [-0.2, -0.15) is 5.21 Å². The van der Waals surface area contributed by atoms with E-state index in [1.54, 1.807) is 42.5 Å². The van der Waals surface area contributed by atoms with E-state index in [-0.39, 0.29) is 36.2 Å². The first-order valence-electron chi connectivity index (χ1n) is 12.0. The van der Waals surface area contributed by atoms with Crippen LogP contribution >= 0.6 is 11.6 Å². The molecule has 0 aliphatic rings. The van der Waals surface area contributed by atoms with Crippen LogP contribution < -0.4 is 20.1 Å². The van der Waals surface area contributed by atoms with Gasteiger partial charge in [0.2, 0.25) is 5.91 Å². The van der Waals surface area contributed by atoms with Crippen LogP contribution in [0.3, 0.4) is 0 Å². The van der Waals surface area contributed by atoms with Crippen molar-refractivity contribution in [2.75, 3.05) is 23.8 Å². The largest absolute Gasteiger partial charge is 0.491 e. The van der Waals surface area contributed by atoms with E-state index in [1.807, 2.05) is 12.1 Å². The zero-order chi connectivity index (χ0) is 27.1. The minimum atomic E-state index is -0.664. The van der Waals surface area contributed by atoms with Crippen molar-refractivity contribution < 1.29 is 18.7 Å². The number of H-pyrrole nitrogens is 1. The summed E-state index contributed by atoms with van der Waals surface area (Å²) in [5.74, 6) is 0.262. The van der Waals surface area contributed by atoms with E-state index < -0.39 is 11.7 Å². The molecule has 0 aliphatic carbocycles. The second kappa shape index (κ2) is 12.4. The van der Waals surface area contributed by atoms with Crippen molar-refractivity contribution in [1.82, 2.24) is 20.6 Å². The third-order valence-corrected chi connectivity index (χ3v) is 6.03. The number of nitrogens with zero attached hydrogens (tertiary/aromatic N) is 3. The smallest absolute Gasteiger partial charge is 0.221 e. The lowest BCUT2D eigenvalue weighted by atomic mass is 10.0. The van der Waals surface area contributed by atoms with Gasteiger partial charge in [-0.3, -0.25) is 4.79 Å². The second-order valence-corrected chi connectivity index (χ2v) is 9.30. The molecule has 3 aromatic carbocycles. The van der Waals surface area contributed by atoms with Gasteiger partial charge in [-0.1, -0.05) is 54.9 Å². The van der Waals surface area contributed by atoms with Gasteiger partial charge >= 0.3 is 0 Å². The molecule has 0 radical (unpaired) electrons. The first-order valence-corrected chi connectivity index (χ1v) is 12.4. The maximum Gasteiger partial charge on any atom is 0.221 e. The van der Waals surface area contributed by atoms with Crippen LogP contribution in [-0.2, 0) is 4.79 Å². The highest BCUT2D eigenvalue weighted by atomic mass is 35.5. The van der Waals surface area contributed by atoms with E-state index >= 15 is 4.39 Å². The Kier molecular flexibility index (Phi) is 8.75. The van der Waals surface area contributed by atoms with Crippen LogP contribution in [0.2, 0.25) is 5.02 Å². The van der Waals surface area contributed by atoms with Crippen molar-refractivity contribution in [3.05, 3.63) is 82.9 Å². The average molecular weight is 539 g/mol. The van der Waals surface area contributed by atoms with E-state index in [9.17, 15) is 4.79 Å². The van der Waals surface area contributed by atoms with Gasteiger partial charge in [0.15, 0.2) is 17.4 Å². The summed E-state index contributed by atoms with van der Waals surface area (Å²) in [5, 5.41) is 20.4. The minimum absolute atomic E-state index is 0.00216. The lowest BCUT2D eigenvalue weighted by Gasteiger charge is -2.20. The fraction of sp³-hybridized carbons (Fsp3) is 0.259. The molecule has 38 heavy (non-hydrogen) atoms. The Balaban J connectivity index is 1.56. The molecule has 4 rings (SSSR count). The number of carbonyl (C=O) groups excluding carboxylic acids is 1. The molecule has 1 heterocycles. The van der Waals surface area contributed by atoms with E-state index in [2.05, 4.69) is 45.1 Å². The molecule has 1 amide bonds. The van der Waals surface area contributed by atoms with E-state index in [1.165, 1.54) is 13.0 Å². The number of nitrogens with one attached hydrogen (secondary N) is 3. The molecule has 0 fully saturated rings. The Morgan fingerprint density at radius 3 is 2.50 bits per heavy atom. The number of benzene rings is 3. The van der Waals surface area contributed by atoms with Crippen LogP contribution in [0.5, 0.6) is 17.2 Å². The first kappa shape index (κ1) is 26.9. The molecule has 0 spiro atoms. The molecule has 198 valence electrons. The number of rotatable bonds is 11. The van der Waals surface area contributed by atoms with Crippen molar-refractivity contribution in [2.45, 2.75) is 32.6 Å². The third kappa shape index (κ3) is 6.77. The number of anilines is 2. The predicted octanol–water partition coefficient (Wildman–Crippen LogP) is 6.14. The zero-order valence-electron chi connectivity index (χ0n) is 21.2. The number of tetrazole rings is 1. The van der Waals surface area contributed by atoms with Crippen molar-refractivity contribution in [3.63, 3.8) is 0 Å². The molecule has 3 N–H and O–H groups in total. The standard InChI is InChI=1S/C27H28ClFN6O3/c1-16(2)18-8-10-20(11-9-18)38-24-13-12-22(31-17(3)36)26(25(24)29)30-14-19(27-32-34-35-33-27)15-37-23-7-5-4-6-21(23)28/h4-13,16,19,30H,14-15H2,1-3H3,(H,31,36)(H,32,33,34,35). The number of halogens is 2.